The Balaban J connectivity index is 2.67. The van der Waals surface area contributed by atoms with Gasteiger partial charge in [-0.3, -0.25) is 9.59 Å². The lowest BCUT2D eigenvalue weighted by Gasteiger charge is -2.00. The lowest BCUT2D eigenvalue weighted by molar-refractivity contribution is -0.116. The number of nitrogens with one attached hydrogen (secondary N) is 1. The minimum Gasteiger partial charge on any atom is -0.355 e. The molecular weight excluding hydrogens is 202 g/mol. The molecule has 3 nitrogen and oxygen atoms in total. The van der Waals surface area contributed by atoms with Gasteiger partial charge < -0.3 is 5.32 Å². The summed E-state index contributed by atoms with van der Waals surface area (Å²) in [5, 5.41) is 2.47. The van der Waals surface area contributed by atoms with E-state index >= 15 is 0 Å². The lowest BCUT2D eigenvalue weighted by atomic mass is 10.1. The zero-order chi connectivity index (χ0) is 11.7. The summed E-state index contributed by atoms with van der Waals surface area (Å²) in [7, 11) is 1.51. The van der Waals surface area contributed by atoms with Gasteiger partial charge in [-0.05, 0) is 11.1 Å². The molecule has 0 unspecified atom stereocenters. The number of allylic oxidation sites excluding steroid dienone is 2. The lowest BCUT2D eigenvalue weighted by Crippen LogP contribution is -2.23. The molecule has 80 valence electrons. The maximum absolute atomic E-state index is 12.0. The van der Waals surface area contributed by atoms with Gasteiger partial charge >= 0.3 is 0 Å². The summed E-state index contributed by atoms with van der Waals surface area (Å²) >= 11 is 0. The Kier molecular flexibility index (Phi) is 2.44. The van der Waals surface area contributed by atoms with E-state index < -0.39 is 0 Å². The van der Waals surface area contributed by atoms with Crippen molar-refractivity contribution in [3.8, 4) is 0 Å². The summed E-state index contributed by atoms with van der Waals surface area (Å²) in [4.78, 5) is 23.6. The van der Waals surface area contributed by atoms with Crippen LogP contribution in [0.5, 0.6) is 0 Å². The maximum Gasteiger partial charge on any atom is 0.255 e. The van der Waals surface area contributed by atoms with Crippen molar-refractivity contribution in [2.45, 2.75) is 0 Å². The SMILES string of the molecule is C=CC1=C(C(=O)NC)C(=O)c2ccccc21. The van der Waals surface area contributed by atoms with Crippen molar-refractivity contribution in [1.82, 2.24) is 5.32 Å². The number of amides is 1. The molecule has 0 heterocycles. The van der Waals surface area contributed by atoms with Gasteiger partial charge in [0.15, 0.2) is 5.78 Å². The quantitative estimate of drug-likeness (QED) is 0.758. The molecule has 3 heteroatoms. The van der Waals surface area contributed by atoms with Crippen LogP contribution in [0.25, 0.3) is 5.57 Å². The van der Waals surface area contributed by atoms with Crippen molar-refractivity contribution in [2.75, 3.05) is 7.05 Å². The second kappa shape index (κ2) is 3.77. The van der Waals surface area contributed by atoms with Crippen LogP contribution in [0.15, 0.2) is 42.5 Å². The molecule has 1 N–H and O–H groups in total. The van der Waals surface area contributed by atoms with Crippen LogP contribution in [-0.4, -0.2) is 18.7 Å². The number of benzene rings is 1. The highest BCUT2D eigenvalue weighted by Gasteiger charge is 2.31. The van der Waals surface area contributed by atoms with Crippen LogP contribution in [0, 0.1) is 0 Å². The predicted octanol–water partition coefficient (Wildman–Crippen LogP) is 1.57. The summed E-state index contributed by atoms with van der Waals surface area (Å²) in [6, 6.07) is 7.16. The first-order valence-electron chi connectivity index (χ1n) is 4.93. The van der Waals surface area contributed by atoms with E-state index in [2.05, 4.69) is 11.9 Å². The molecular formula is C13H11NO2. The van der Waals surface area contributed by atoms with Crippen molar-refractivity contribution in [2.24, 2.45) is 0 Å². The first kappa shape index (κ1) is 10.4. The summed E-state index contributed by atoms with van der Waals surface area (Å²) < 4.78 is 0. The third-order valence-electron chi connectivity index (χ3n) is 2.62. The Morgan fingerprint density at radius 3 is 2.50 bits per heavy atom. The minimum atomic E-state index is -0.365. The van der Waals surface area contributed by atoms with Gasteiger partial charge in [-0.2, -0.15) is 0 Å². The summed E-state index contributed by atoms with van der Waals surface area (Å²) in [5.74, 6) is -0.596. The zero-order valence-corrected chi connectivity index (χ0v) is 8.91. The van der Waals surface area contributed by atoms with Crippen LogP contribution >= 0.6 is 0 Å². The molecule has 0 radical (unpaired) electrons. The molecule has 0 bridgehead atoms. The van der Waals surface area contributed by atoms with Gasteiger partial charge in [0.05, 0.1) is 5.57 Å². The van der Waals surface area contributed by atoms with Gasteiger partial charge in [-0.1, -0.05) is 36.9 Å². The number of fused-ring (bicyclic) bond motifs is 1. The molecule has 1 aliphatic rings. The number of hydrogen-bond donors (Lipinski definition) is 1. The van der Waals surface area contributed by atoms with E-state index in [0.29, 0.717) is 11.1 Å². The van der Waals surface area contributed by atoms with E-state index in [0.717, 1.165) is 5.56 Å². The molecule has 0 atom stereocenters. The first-order chi connectivity index (χ1) is 7.70. The van der Waals surface area contributed by atoms with E-state index in [1.54, 1.807) is 18.2 Å². The summed E-state index contributed by atoms with van der Waals surface area (Å²) in [6.45, 7) is 3.65. The Bertz CT molecular complexity index is 526. The summed E-state index contributed by atoms with van der Waals surface area (Å²) in [5.41, 5.74) is 2.13. The third-order valence-corrected chi connectivity index (χ3v) is 2.62. The predicted molar refractivity (Wildman–Crippen MR) is 62.0 cm³/mol. The number of carbonyl (C=O) groups excluding carboxylic acids is 2. The highest BCUT2D eigenvalue weighted by molar-refractivity contribution is 6.35. The van der Waals surface area contributed by atoms with Crippen molar-refractivity contribution in [3.63, 3.8) is 0 Å². The minimum absolute atomic E-state index is 0.179. The Labute approximate surface area is 93.5 Å². The van der Waals surface area contributed by atoms with Crippen LogP contribution in [0.1, 0.15) is 15.9 Å². The molecule has 0 aliphatic heterocycles. The van der Waals surface area contributed by atoms with Crippen molar-refractivity contribution >= 4 is 17.3 Å². The van der Waals surface area contributed by atoms with E-state index in [1.807, 2.05) is 12.1 Å². The third kappa shape index (κ3) is 1.29. The number of rotatable bonds is 2. The number of hydrogen-bond acceptors (Lipinski definition) is 2. The fraction of sp³-hybridized carbons (Fsp3) is 0.0769. The standard InChI is InChI=1S/C13H11NO2/c1-3-8-9-6-4-5-7-10(9)12(15)11(8)13(16)14-2/h3-7H,1H2,2H3,(H,14,16). The van der Waals surface area contributed by atoms with Gasteiger partial charge in [0, 0.05) is 12.6 Å². The highest BCUT2D eigenvalue weighted by Crippen LogP contribution is 2.33. The zero-order valence-electron chi connectivity index (χ0n) is 8.91. The van der Waals surface area contributed by atoms with Gasteiger partial charge in [0.1, 0.15) is 0 Å². The maximum atomic E-state index is 12.0. The van der Waals surface area contributed by atoms with Crippen LogP contribution in [0.2, 0.25) is 0 Å². The number of ketones is 1. The van der Waals surface area contributed by atoms with Crippen LogP contribution < -0.4 is 5.32 Å². The normalized spacial score (nSPS) is 13.7. The molecule has 0 aromatic heterocycles. The second-order valence-electron chi connectivity index (χ2n) is 3.45. The molecule has 0 spiro atoms. The van der Waals surface area contributed by atoms with Crippen molar-refractivity contribution in [1.29, 1.82) is 0 Å². The number of likely N-dealkylation sites (N-methyl/N-ethyl adjacent to an activating group) is 1. The van der Waals surface area contributed by atoms with Crippen molar-refractivity contribution < 1.29 is 9.59 Å². The van der Waals surface area contributed by atoms with Gasteiger partial charge in [-0.15, -0.1) is 0 Å². The average molecular weight is 213 g/mol. The molecule has 0 saturated carbocycles. The molecule has 1 aromatic carbocycles. The van der Waals surface area contributed by atoms with Crippen LogP contribution in [0.4, 0.5) is 0 Å². The van der Waals surface area contributed by atoms with Crippen molar-refractivity contribution in [3.05, 3.63) is 53.6 Å². The molecule has 0 fully saturated rings. The number of carbonyl (C=O) groups is 2. The van der Waals surface area contributed by atoms with Gasteiger partial charge in [0.2, 0.25) is 0 Å². The smallest absolute Gasteiger partial charge is 0.255 e. The Hall–Kier alpha value is -2.16. The van der Waals surface area contributed by atoms with Gasteiger partial charge in [0.25, 0.3) is 5.91 Å². The van der Waals surface area contributed by atoms with Gasteiger partial charge in [-0.25, -0.2) is 0 Å². The average Bonchev–Trinajstić information content (AvgIpc) is 2.62. The topological polar surface area (TPSA) is 46.2 Å². The molecule has 0 saturated heterocycles. The summed E-state index contributed by atoms with van der Waals surface area (Å²) in [6.07, 6.45) is 1.55. The fourth-order valence-corrected chi connectivity index (χ4v) is 1.87. The highest BCUT2D eigenvalue weighted by atomic mass is 16.2. The first-order valence-corrected chi connectivity index (χ1v) is 4.93. The molecule has 1 aromatic rings. The molecule has 1 aliphatic carbocycles. The second-order valence-corrected chi connectivity index (χ2v) is 3.45. The molecule has 1 amide bonds. The fourth-order valence-electron chi connectivity index (χ4n) is 1.87. The number of Topliss-reactive ketones (excluding diaryl/α,β-unsaturated/α-hetero) is 1. The molecule has 16 heavy (non-hydrogen) atoms. The Morgan fingerprint density at radius 2 is 1.94 bits per heavy atom. The van der Waals surface area contributed by atoms with E-state index in [9.17, 15) is 9.59 Å². The van der Waals surface area contributed by atoms with E-state index in [-0.39, 0.29) is 17.3 Å². The van der Waals surface area contributed by atoms with E-state index in [4.69, 9.17) is 0 Å². The monoisotopic (exact) mass is 213 g/mol. The largest absolute Gasteiger partial charge is 0.355 e. The molecule has 2 rings (SSSR count). The van der Waals surface area contributed by atoms with Crippen LogP contribution in [-0.2, 0) is 4.79 Å². The Morgan fingerprint density at radius 1 is 1.31 bits per heavy atom. The van der Waals surface area contributed by atoms with E-state index in [1.165, 1.54) is 7.05 Å². The van der Waals surface area contributed by atoms with Crippen LogP contribution in [0.3, 0.4) is 0 Å².